The average molecular weight is 354 g/mol. The number of likely N-dealkylation sites (tertiary alicyclic amines) is 1. The quantitative estimate of drug-likeness (QED) is 0.816. The first-order chi connectivity index (χ1) is 10.2. The molecule has 0 aromatic carbocycles. The maximum absolute atomic E-state index is 12.5. The van der Waals surface area contributed by atoms with Crippen molar-refractivity contribution in [2.75, 3.05) is 37.7 Å². The lowest BCUT2D eigenvalue weighted by molar-refractivity contribution is -0.145. The molecular formula is C15H20BrN3O2. The lowest BCUT2D eigenvalue weighted by Crippen LogP contribution is -2.52. The molecule has 3 heterocycles. The van der Waals surface area contributed by atoms with Crippen LogP contribution in [-0.4, -0.2) is 54.7 Å². The minimum Gasteiger partial charge on any atom is -0.365 e. The first-order valence-electron chi connectivity index (χ1n) is 7.51. The van der Waals surface area contributed by atoms with Gasteiger partial charge in [-0.2, -0.15) is 0 Å². The second-order valence-electron chi connectivity index (χ2n) is 5.53. The van der Waals surface area contributed by atoms with E-state index in [9.17, 15) is 4.79 Å². The van der Waals surface area contributed by atoms with Gasteiger partial charge in [-0.1, -0.05) is 0 Å². The summed E-state index contributed by atoms with van der Waals surface area (Å²) < 4.78 is 6.66. The predicted octanol–water partition coefficient (Wildman–Crippen LogP) is 2.06. The molecule has 1 aromatic heterocycles. The van der Waals surface area contributed by atoms with Crippen LogP contribution in [0.3, 0.4) is 0 Å². The highest BCUT2D eigenvalue weighted by Crippen LogP contribution is 2.19. The maximum atomic E-state index is 12.5. The van der Waals surface area contributed by atoms with Gasteiger partial charge in [-0.15, -0.1) is 0 Å². The number of halogens is 1. The molecule has 21 heavy (non-hydrogen) atoms. The monoisotopic (exact) mass is 353 g/mol. The normalized spacial score (nSPS) is 23.2. The molecule has 0 radical (unpaired) electrons. The van der Waals surface area contributed by atoms with E-state index in [2.05, 4.69) is 25.8 Å². The van der Waals surface area contributed by atoms with Crippen LogP contribution < -0.4 is 4.90 Å². The zero-order chi connectivity index (χ0) is 14.7. The zero-order valence-corrected chi connectivity index (χ0v) is 13.6. The van der Waals surface area contributed by atoms with Crippen LogP contribution in [-0.2, 0) is 9.53 Å². The van der Waals surface area contributed by atoms with E-state index in [0.29, 0.717) is 13.2 Å². The van der Waals surface area contributed by atoms with Gasteiger partial charge in [-0.25, -0.2) is 4.98 Å². The molecule has 2 aliphatic heterocycles. The Bertz CT molecular complexity index is 488. The largest absolute Gasteiger partial charge is 0.365 e. The fraction of sp³-hybridized carbons (Fsp3) is 0.600. The summed E-state index contributed by atoms with van der Waals surface area (Å²) in [5.41, 5.74) is 0. The highest BCUT2D eigenvalue weighted by molar-refractivity contribution is 9.10. The summed E-state index contributed by atoms with van der Waals surface area (Å²) in [5, 5.41) is 0. The van der Waals surface area contributed by atoms with Crippen LogP contribution in [0.25, 0.3) is 0 Å². The van der Waals surface area contributed by atoms with Gasteiger partial charge in [0.25, 0.3) is 5.91 Å². The molecule has 0 bridgehead atoms. The van der Waals surface area contributed by atoms with Crippen molar-refractivity contribution in [3.05, 3.63) is 22.8 Å². The molecule has 0 aliphatic carbocycles. The van der Waals surface area contributed by atoms with Crippen LogP contribution in [0.4, 0.5) is 5.82 Å². The molecule has 0 N–H and O–H groups in total. The summed E-state index contributed by atoms with van der Waals surface area (Å²) in [5.74, 6) is 1.04. The number of hydrogen-bond acceptors (Lipinski definition) is 4. The molecule has 6 heteroatoms. The Morgan fingerprint density at radius 2 is 2.05 bits per heavy atom. The molecule has 0 saturated carbocycles. The van der Waals surface area contributed by atoms with Gasteiger partial charge >= 0.3 is 0 Å². The smallest absolute Gasteiger partial charge is 0.253 e. The second kappa shape index (κ2) is 6.75. The van der Waals surface area contributed by atoms with E-state index in [-0.39, 0.29) is 12.0 Å². The lowest BCUT2D eigenvalue weighted by Gasteiger charge is -2.36. The Labute approximate surface area is 133 Å². The summed E-state index contributed by atoms with van der Waals surface area (Å²) in [4.78, 5) is 21.0. The molecule has 2 saturated heterocycles. The summed E-state index contributed by atoms with van der Waals surface area (Å²) in [7, 11) is 0. The Balaban J connectivity index is 1.64. The van der Waals surface area contributed by atoms with Crippen molar-refractivity contribution in [1.29, 1.82) is 0 Å². The van der Waals surface area contributed by atoms with Gasteiger partial charge < -0.3 is 14.5 Å². The topological polar surface area (TPSA) is 45.7 Å². The summed E-state index contributed by atoms with van der Waals surface area (Å²) in [6.45, 7) is 3.68. The third kappa shape index (κ3) is 3.55. The molecular weight excluding hydrogens is 334 g/mol. The van der Waals surface area contributed by atoms with Crippen molar-refractivity contribution in [3.63, 3.8) is 0 Å². The van der Waals surface area contributed by atoms with Crippen molar-refractivity contribution < 1.29 is 9.53 Å². The minimum absolute atomic E-state index is 0.136. The number of pyridine rings is 1. The zero-order valence-electron chi connectivity index (χ0n) is 12.0. The van der Waals surface area contributed by atoms with Crippen LogP contribution in [0.15, 0.2) is 22.8 Å². The number of aromatic nitrogens is 1. The molecule has 1 aromatic rings. The van der Waals surface area contributed by atoms with Gasteiger partial charge in [0, 0.05) is 30.3 Å². The van der Waals surface area contributed by atoms with Gasteiger partial charge in [0.05, 0.1) is 13.2 Å². The van der Waals surface area contributed by atoms with E-state index >= 15 is 0 Å². The first kappa shape index (κ1) is 14.8. The van der Waals surface area contributed by atoms with E-state index in [1.165, 1.54) is 6.42 Å². The Kier molecular flexibility index (Phi) is 4.75. The Hall–Kier alpha value is -1.14. The predicted molar refractivity (Wildman–Crippen MR) is 84.3 cm³/mol. The molecule has 2 aliphatic rings. The number of amides is 1. The highest BCUT2D eigenvalue weighted by Gasteiger charge is 2.31. The number of carbonyl (C=O) groups excluding carboxylic acids is 1. The van der Waals surface area contributed by atoms with Crippen molar-refractivity contribution in [2.24, 2.45) is 0 Å². The van der Waals surface area contributed by atoms with E-state index in [1.54, 1.807) is 6.20 Å². The number of ether oxygens (including phenoxy) is 1. The number of anilines is 1. The molecule has 3 rings (SSSR count). The Morgan fingerprint density at radius 1 is 1.24 bits per heavy atom. The van der Waals surface area contributed by atoms with Crippen LogP contribution in [0.5, 0.6) is 0 Å². The van der Waals surface area contributed by atoms with Crippen molar-refractivity contribution in [1.82, 2.24) is 9.88 Å². The standard InChI is InChI=1S/C15H20BrN3O2/c16-12-4-5-14(17-10-12)19-8-9-21-13(11-19)15(20)18-6-2-1-3-7-18/h4-5,10,13H,1-3,6-9,11H2. The molecule has 1 amide bonds. The molecule has 1 atom stereocenters. The van der Waals surface area contributed by atoms with Gasteiger partial charge in [0.2, 0.25) is 0 Å². The number of rotatable bonds is 2. The van der Waals surface area contributed by atoms with E-state index in [0.717, 1.165) is 42.8 Å². The summed E-state index contributed by atoms with van der Waals surface area (Å²) in [6.07, 6.45) is 4.87. The minimum atomic E-state index is -0.359. The number of hydrogen-bond donors (Lipinski definition) is 0. The first-order valence-corrected chi connectivity index (χ1v) is 8.30. The third-order valence-electron chi connectivity index (χ3n) is 4.05. The van der Waals surface area contributed by atoms with E-state index < -0.39 is 0 Å². The second-order valence-corrected chi connectivity index (χ2v) is 6.44. The Morgan fingerprint density at radius 3 is 2.76 bits per heavy atom. The third-order valence-corrected chi connectivity index (χ3v) is 4.51. The van der Waals surface area contributed by atoms with Crippen molar-refractivity contribution in [2.45, 2.75) is 25.4 Å². The van der Waals surface area contributed by atoms with Crippen molar-refractivity contribution in [3.8, 4) is 0 Å². The van der Waals surface area contributed by atoms with Crippen LogP contribution >= 0.6 is 15.9 Å². The van der Waals surface area contributed by atoms with Gasteiger partial charge in [0.15, 0.2) is 6.10 Å². The highest BCUT2D eigenvalue weighted by atomic mass is 79.9. The molecule has 2 fully saturated rings. The number of piperidine rings is 1. The van der Waals surface area contributed by atoms with Crippen molar-refractivity contribution >= 4 is 27.7 Å². The summed E-state index contributed by atoms with van der Waals surface area (Å²) >= 11 is 3.39. The number of nitrogens with zero attached hydrogens (tertiary/aromatic N) is 3. The van der Waals surface area contributed by atoms with Crippen LogP contribution in [0, 0.1) is 0 Å². The van der Waals surface area contributed by atoms with Gasteiger partial charge in [-0.3, -0.25) is 4.79 Å². The molecule has 5 nitrogen and oxygen atoms in total. The molecule has 0 spiro atoms. The van der Waals surface area contributed by atoms with E-state index in [1.807, 2.05) is 17.0 Å². The average Bonchev–Trinajstić information content (AvgIpc) is 2.56. The van der Waals surface area contributed by atoms with E-state index in [4.69, 9.17) is 4.74 Å². The number of morpholine rings is 1. The SMILES string of the molecule is O=C(C1CN(c2ccc(Br)cn2)CCO1)N1CCCCC1. The fourth-order valence-corrected chi connectivity index (χ4v) is 3.11. The van der Waals surface area contributed by atoms with Gasteiger partial charge in [0.1, 0.15) is 5.82 Å². The van der Waals surface area contributed by atoms with Crippen LogP contribution in [0.1, 0.15) is 19.3 Å². The summed E-state index contributed by atoms with van der Waals surface area (Å²) in [6, 6.07) is 3.94. The molecule has 114 valence electrons. The van der Waals surface area contributed by atoms with Gasteiger partial charge in [-0.05, 0) is 47.3 Å². The molecule has 1 unspecified atom stereocenters. The lowest BCUT2D eigenvalue weighted by atomic mass is 10.1. The maximum Gasteiger partial charge on any atom is 0.253 e. The fourth-order valence-electron chi connectivity index (χ4n) is 2.88. The number of carbonyl (C=O) groups is 1. The van der Waals surface area contributed by atoms with Crippen LogP contribution in [0.2, 0.25) is 0 Å².